The minimum atomic E-state index is 0.822. The summed E-state index contributed by atoms with van der Waals surface area (Å²) in [6, 6.07) is 0. The predicted octanol–water partition coefficient (Wildman–Crippen LogP) is 3.55. The lowest BCUT2D eigenvalue weighted by Gasteiger charge is -2.23. The number of hydrogen-bond acceptors (Lipinski definition) is 4. The molecule has 0 rings (SSSR count). The minimum Gasteiger partial charge on any atom is -0.333 e. The summed E-state index contributed by atoms with van der Waals surface area (Å²) in [6.07, 6.45) is 7.68. The Morgan fingerprint density at radius 3 is 1.52 bits per heavy atom. The van der Waals surface area contributed by atoms with E-state index < -0.39 is 0 Å². The Morgan fingerprint density at radius 2 is 1.09 bits per heavy atom. The highest BCUT2D eigenvalue weighted by Gasteiger charge is 2.05. The molecule has 0 saturated carbocycles. The zero-order valence-corrected chi connectivity index (χ0v) is 17.2. The molecule has 0 fully saturated rings. The van der Waals surface area contributed by atoms with Crippen molar-refractivity contribution in [2.45, 2.75) is 73.1 Å². The van der Waals surface area contributed by atoms with Gasteiger partial charge in [0.15, 0.2) is 0 Å². The second-order valence-corrected chi connectivity index (χ2v) is 5.48. The van der Waals surface area contributed by atoms with Crippen molar-refractivity contribution in [3.8, 4) is 0 Å². The highest BCUT2D eigenvalue weighted by atomic mass is 15.1. The molecule has 0 radical (unpaired) electrons. The molecule has 4 N–H and O–H groups in total. The average molecular weight is 333 g/mol. The van der Waals surface area contributed by atoms with E-state index in [9.17, 15) is 0 Å². The molecule has 23 heavy (non-hydrogen) atoms. The summed E-state index contributed by atoms with van der Waals surface area (Å²) in [7, 11) is 1.50. The van der Waals surface area contributed by atoms with E-state index in [1.54, 1.807) is 0 Å². The quantitative estimate of drug-likeness (QED) is 0.478. The van der Waals surface area contributed by atoms with E-state index in [0.717, 1.165) is 13.0 Å². The van der Waals surface area contributed by atoms with Gasteiger partial charge < -0.3 is 21.3 Å². The van der Waals surface area contributed by atoms with Crippen LogP contribution in [0.15, 0.2) is 0 Å². The van der Waals surface area contributed by atoms with Gasteiger partial charge in [0.2, 0.25) is 0 Å². The van der Waals surface area contributed by atoms with Crippen molar-refractivity contribution in [2.24, 2.45) is 11.5 Å². The second-order valence-electron chi connectivity index (χ2n) is 5.48. The van der Waals surface area contributed by atoms with Crippen LogP contribution in [0.25, 0.3) is 0 Å². The lowest BCUT2D eigenvalue weighted by Crippen LogP contribution is -2.30. The number of nitrogens with two attached hydrogens (primary N) is 2. The highest BCUT2D eigenvalue weighted by molar-refractivity contribution is 4.61. The van der Waals surface area contributed by atoms with Gasteiger partial charge in [0, 0.05) is 0 Å². The maximum absolute atomic E-state index is 5.62. The van der Waals surface area contributed by atoms with E-state index in [2.05, 4.69) is 36.3 Å². The van der Waals surface area contributed by atoms with E-state index in [1.807, 2.05) is 13.8 Å². The topological polar surface area (TPSA) is 58.5 Å². The van der Waals surface area contributed by atoms with Gasteiger partial charge in [0.05, 0.1) is 0 Å². The first kappa shape index (κ1) is 27.7. The summed E-state index contributed by atoms with van der Waals surface area (Å²) in [6.45, 7) is 19.0. The van der Waals surface area contributed by atoms with Crippen LogP contribution >= 0.6 is 0 Å². The summed E-state index contributed by atoms with van der Waals surface area (Å²) in [5.74, 6) is 0. The van der Waals surface area contributed by atoms with Gasteiger partial charge in [-0.3, -0.25) is 0 Å². The van der Waals surface area contributed by atoms with E-state index in [1.165, 1.54) is 78.4 Å². The highest BCUT2D eigenvalue weighted by Crippen LogP contribution is 2.02. The van der Waals surface area contributed by atoms with Crippen molar-refractivity contribution in [1.29, 1.82) is 0 Å². The summed E-state index contributed by atoms with van der Waals surface area (Å²) in [5.41, 5.74) is 10.1. The maximum atomic E-state index is 5.62. The largest absolute Gasteiger partial charge is 0.333 e. The van der Waals surface area contributed by atoms with Gasteiger partial charge in [-0.1, -0.05) is 41.0 Å². The molecular weight excluding hydrogens is 284 g/mol. The van der Waals surface area contributed by atoms with Gasteiger partial charge in [0.1, 0.15) is 0 Å². The van der Waals surface area contributed by atoms with Crippen LogP contribution < -0.4 is 11.5 Å². The van der Waals surface area contributed by atoms with Crippen LogP contribution in [0.4, 0.5) is 0 Å². The van der Waals surface area contributed by atoms with Gasteiger partial charge in [-0.25, -0.2) is 0 Å². The zero-order chi connectivity index (χ0) is 18.3. The summed E-state index contributed by atoms with van der Waals surface area (Å²) in [5, 5.41) is 0. The average Bonchev–Trinajstić information content (AvgIpc) is 2.62. The molecule has 0 saturated heterocycles. The standard InChI is InChI=1S/C16H37N3.C2H6.CH5N/c1-4-7-13-19(16-10-11-17)15-9-8-14-18(6-3)12-5-2;2*1-2/h4-17H2,1-3H3;1-2H3;2H2,1H3. The molecule has 0 aliphatic rings. The maximum Gasteiger partial charge on any atom is -0.000672 e. The van der Waals surface area contributed by atoms with Gasteiger partial charge in [-0.15, -0.1) is 0 Å². The fourth-order valence-electron chi connectivity index (χ4n) is 2.45. The van der Waals surface area contributed by atoms with Gasteiger partial charge in [-0.2, -0.15) is 0 Å². The third-order valence-electron chi connectivity index (χ3n) is 3.69. The second kappa shape index (κ2) is 26.7. The van der Waals surface area contributed by atoms with Crippen LogP contribution in [0.1, 0.15) is 73.1 Å². The van der Waals surface area contributed by atoms with Gasteiger partial charge in [0.25, 0.3) is 0 Å². The molecule has 0 spiro atoms. The molecule has 0 heterocycles. The monoisotopic (exact) mass is 332 g/mol. The molecule has 4 heteroatoms. The van der Waals surface area contributed by atoms with Crippen LogP contribution in [-0.2, 0) is 0 Å². The number of unbranched alkanes of at least 4 members (excludes halogenated alkanes) is 2. The Morgan fingerprint density at radius 1 is 0.609 bits per heavy atom. The zero-order valence-electron chi connectivity index (χ0n) is 17.2. The molecule has 0 atom stereocenters. The molecule has 4 nitrogen and oxygen atoms in total. The molecule has 0 aliphatic heterocycles. The molecule has 0 aromatic carbocycles. The molecule has 0 unspecified atom stereocenters. The van der Waals surface area contributed by atoms with Crippen LogP contribution in [0.3, 0.4) is 0 Å². The molecule has 0 aliphatic carbocycles. The summed E-state index contributed by atoms with van der Waals surface area (Å²) >= 11 is 0. The van der Waals surface area contributed by atoms with Crippen LogP contribution in [0.5, 0.6) is 0 Å². The first-order chi connectivity index (χ1) is 11.3. The molecule has 0 bridgehead atoms. The Hall–Kier alpha value is -0.160. The molecule has 0 amide bonds. The van der Waals surface area contributed by atoms with E-state index >= 15 is 0 Å². The molecular formula is C19H48N4. The summed E-state index contributed by atoms with van der Waals surface area (Å²) in [4.78, 5) is 5.17. The minimum absolute atomic E-state index is 0.822. The van der Waals surface area contributed by atoms with E-state index in [0.29, 0.717) is 0 Å². The fourth-order valence-corrected chi connectivity index (χ4v) is 2.45. The molecule has 0 aromatic rings. The first-order valence-corrected chi connectivity index (χ1v) is 10.0. The van der Waals surface area contributed by atoms with Crippen molar-refractivity contribution in [2.75, 3.05) is 52.9 Å². The Labute approximate surface area is 148 Å². The number of hydrogen-bond donors (Lipinski definition) is 2. The smallest absolute Gasteiger partial charge is 0.000672 e. The molecule has 0 aromatic heterocycles. The third kappa shape index (κ3) is 21.8. The van der Waals surface area contributed by atoms with E-state index in [4.69, 9.17) is 5.73 Å². The summed E-state index contributed by atoms with van der Waals surface area (Å²) < 4.78 is 0. The van der Waals surface area contributed by atoms with Crippen molar-refractivity contribution in [1.82, 2.24) is 9.80 Å². The number of rotatable bonds is 14. The predicted molar refractivity (Wildman–Crippen MR) is 108 cm³/mol. The van der Waals surface area contributed by atoms with Crippen molar-refractivity contribution >= 4 is 0 Å². The first-order valence-electron chi connectivity index (χ1n) is 10.0. The van der Waals surface area contributed by atoms with Crippen molar-refractivity contribution in [3.05, 3.63) is 0 Å². The van der Waals surface area contributed by atoms with Crippen LogP contribution in [0.2, 0.25) is 0 Å². The Balaban J connectivity index is -0.000000919. The number of nitrogens with zero attached hydrogens (tertiary/aromatic N) is 2. The Bertz CT molecular complexity index is 169. The van der Waals surface area contributed by atoms with Gasteiger partial charge >= 0.3 is 0 Å². The lowest BCUT2D eigenvalue weighted by atomic mass is 10.2. The Kier molecular flexibility index (Phi) is 32.2. The van der Waals surface area contributed by atoms with E-state index in [-0.39, 0.29) is 0 Å². The lowest BCUT2D eigenvalue weighted by molar-refractivity contribution is 0.242. The van der Waals surface area contributed by atoms with Crippen molar-refractivity contribution in [3.63, 3.8) is 0 Å². The van der Waals surface area contributed by atoms with Crippen LogP contribution in [0, 0.1) is 0 Å². The molecule has 144 valence electrons. The normalized spacial score (nSPS) is 10.2. The SMILES string of the molecule is CC.CCCCN(CCCN)CCCCN(CC)CCC.CN. The van der Waals surface area contributed by atoms with Gasteiger partial charge in [-0.05, 0) is 85.0 Å². The van der Waals surface area contributed by atoms with Crippen molar-refractivity contribution < 1.29 is 0 Å². The third-order valence-corrected chi connectivity index (χ3v) is 3.69. The van der Waals surface area contributed by atoms with Crippen LogP contribution in [-0.4, -0.2) is 62.7 Å². The fraction of sp³-hybridized carbons (Fsp3) is 1.00.